The summed E-state index contributed by atoms with van der Waals surface area (Å²) in [6.45, 7) is 4.81. The monoisotopic (exact) mass is 206 g/mol. The van der Waals surface area contributed by atoms with Crippen LogP contribution in [0.4, 0.5) is 0 Å². The maximum atomic E-state index is 10.9. The maximum absolute atomic E-state index is 10.9. The van der Waals surface area contributed by atoms with Crippen LogP contribution in [0.15, 0.2) is 18.2 Å². The summed E-state index contributed by atoms with van der Waals surface area (Å²) in [6.07, 6.45) is 0.423. The molecule has 0 atom stereocenters. The summed E-state index contributed by atoms with van der Waals surface area (Å²) in [6, 6.07) is 5.28. The van der Waals surface area contributed by atoms with Gasteiger partial charge in [-0.2, -0.15) is 0 Å². The Morgan fingerprint density at radius 2 is 1.93 bits per heavy atom. The van der Waals surface area contributed by atoms with Gasteiger partial charge in [-0.1, -0.05) is 6.07 Å². The molecule has 80 valence electrons. The Balaban J connectivity index is 2.87. The topological polar surface area (TPSA) is 43.4 Å². The summed E-state index contributed by atoms with van der Waals surface area (Å²) >= 11 is 0. The lowest BCUT2D eigenvalue weighted by molar-refractivity contribution is -0.131. The van der Waals surface area contributed by atoms with E-state index in [1.807, 2.05) is 13.0 Å². The lowest BCUT2D eigenvalue weighted by Gasteiger charge is -2.06. The van der Waals surface area contributed by atoms with Crippen LogP contribution >= 0.6 is 0 Å². The molecule has 0 aliphatic rings. The number of ether oxygens (including phenoxy) is 1. The van der Waals surface area contributed by atoms with Crippen LogP contribution in [0.25, 0.3) is 0 Å². The smallest absolute Gasteiger partial charge is 0.308 e. The molecule has 1 aromatic rings. The van der Waals surface area contributed by atoms with Crippen LogP contribution in [0.3, 0.4) is 0 Å². The molecule has 0 N–H and O–H groups in total. The van der Waals surface area contributed by atoms with Crippen LogP contribution in [0.5, 0.6) is 5.75 Å². The van der Waals surface area contributed by atoms with Crippen LogP contribution in [-0.2, 0) is 16.0 Å². The molecular weight excluding hydrogens is 192 g/mol. The van der Waals surface area contributed by atoms with Crippen molar-refractivity contribution in [1.29, 1.82) is 0 Å². The van der Waals surface area contributed by atoms with Crippen LogP contribution < -0.4 is 4.74 Å². The second-order valence-corrected chi connectivity index (χ2v) is 3.56. The van der Waals surface area contributed by atoms with E-state index >= 15 is 0 Å². The zero-order valence-electron chi connectivity index (χ0n) is 9.16. The normalized spacial score (nSPS) is 9.80. The molecule has 0 fully saturated rings. The largest absolute Gasteiger partial charge is 0.427 e. The van der Waals surface area contributed by atoms with Crippen molar-refractivity contribution in [2.45, 2.75) is 27.2 Å². The first kappa shape index (κ1) is 11.4. The fraction of sp³-hybridized carbons (Fsp3) is 0.333. The first-order valence-corrected chi connectivity index (χ1v) is 4.76. The minimum atomic E-state index is -0.339. The summed E-state index contributed by atoms with van der Waals surface area (Å²) in [5.41, 5.74) is 1.93. The minimum absolute atomic E-state index is 0.123. The van der Waals surface area contributed by atoms with Gasteiger partial charge in [-0.05, 0) is 37.1 Å². The summed E-state index contributed by atoms with van der Waals surface area (Å²) in [5, 5.41) is 0. The third-order valence-corrected chi connectivity index (χ3v) is 2.02. The van der Waals surface area contributed by atoms with Crippen LogP contribution in [-0.4, -0.2) is 11.8 Å². The zero-order chi connectivity index (χ0) is 11.4. The highest BCUT2D eigenvalue weighted by atomic mass is 16.5. The standard InChI is InChI=1S/C12H14O3/c1-8-6-12(15-10(3)14)5-4-11(8)7-9(2)13/h4-6H,7H2,1-3H3. The van der Waals surface area contributed by atoms with E-state index in [0.29, 0.717) is 12.2 Å². The average Bonchev–Trinajstić information content (AvgIpc) is 2.08. The molecule has 0 aliphatic carbocycles. The molecule has 0 amide bonds. The van der Waals surface area contributed by atoms with E-state index in [-0.39, 0.29) is 11.8 Å². The summed E-state index contributed by atoms with van der Waals surface area (Å²) in [5.74, 6) is 0.305. The number of ketones is 1. The number of carbonyl (C=O) groups is 2. The van der Waals surface area contributed by atoms with Gasteiger partial charge < -0.3 is 4.74 Å². The predicted molar refractivity (Wildman–Crippen MR) is 56.9 cm³/mol. The van der Waals surface area contributed by atoms with Crippen molar-refractivity contribution in [3.63, 3.8) is 0 Å². The quantitative estimate of drug-likeness (QED) is 0.561. The van der Waals surface area contributed by atoms with Gasteiger partial charge in [0.25, 0.3) is 0 Å². The van der Waals surface area contributed by atoms with Crippen LogP contribution in [0.1, 0.15) is 25.0 Å². The average molecular weight is 206 g/mol. The Kier molecular flexibility index (Phi) is 3.61. The maximum Gasteiger partial charge on any atom is 0.308 e. The fourth-order valence-corrected chi connectivity index (χ4v) is 1.36. The van der Waals surface area contributed by atoms with Gasteiger partial charge in [0.15, 0.2) is 0 Å². The number of benzene rings is 1. The van der Waals surface area contributed by atoms with Gasteiger partial charge in [-0.15, -0.1) is 0 Å². The van der Waals surface area contributed by atoms with Gasteiger partial charge in [0.1, 0.15) is 11.5 Å². The Morgan fingerprint density at radius 3 is 2.40 bits per heavy atom. The molecule has 15 heavy (non-hydrogen) atoms. The summed E-state index contributed by atoms with van der Waals surface area (Å²) in [4.78, 5) is 21.7. The number of esters is 1. The number of rotatable bonds is 3. The number of hydrogen-bond donors (Lipinski definition) is 0. The van der Waals surface area contributed by atoms with Gasteiger partial charge in [-0.25, -0.2) is 0 Å². The van der Waals surface area contributed by atoms with Crippen molar-refractivity contribution in [2.75, 3.05) is 0 Å². The highest BCUT2D eigenvalue weighted by Gasteiger charge is 2.04. The van der Waals surface area contributed by atoms with Crippen molar-refractivity contribution in [1.82, 2.24) is 0 Å². The van der Waals surface area contributed by atoms with E-state index in [2.05, 4.69) is 0 Å². The number of hydrogen-bond acceptors (Lipinski definition) is 3. The molecule has 3 heteroatoms. The molecular formula is C12H14O3. The Bertz CT molecular complexity index is 394. The molecule has 3 nitrogen and oxygen atoms in total. The molecule has 0 bridgehead atoms. The van der Waals surface area contributed by atoms with E-state index in [4.69, 9.17) is 4.74 Å². The van der Waals surface area contributed by atoms with Crippen molar-refractivity contribution in [3.05, 3.63) is 29.3 Å². The first-order valence-electron chi connectivity index (χ1n) is 4.76. The van der Waals surface area contributed by atoms with E-state index in [1.165, 1.54) is 6.92 Å². The van der Waals surface area contributed by atoms with E-state index in [1.54, 1.807) is 19.1 Å². The van der Waals surface area contributed by atoms with Crippen molar-refractivity contribution < 1.29 is 14.3 Å². The van der Waals surface area contributed by atoms with Crippen molar-refractivity contribution in [2.24, 2.45) is 0 Å². The highest BCUT2D eigenvalue weighted by Crippen LogP contribution is 2.18. The van der Waals surface area contributed by atoms with Crippen molar-refractivity contribution in [3.8, 4) is 5.75 Å². The Morgan fingerprint density at radius 1 is 1.27 bits per heavy atom. The number of Topliss-reactive ketones (excluding diaryl/α,β-unsaturated/α-hetero) is 1. The molecule has 0 aromatic heterocycles. The molecule has 0 aliphatic heterocycles. The third-order valence-electron chi connectivity index (χ3n) is 2.02. The van der Waals surface area contributed by atoms with E-state index in [9.17, 15) is 9.59 Å². The van der Waals surface area contributed by atoms with Crippen molar-refractivity contribution >= 4 is 11.8 Å². The van der Waals surface area contributed by atoms with E-state index < -0.39 is 0 Å². The highest BCUT2D eigenvalue weighted by molar-refractivity contribution is 5.78. The SMILES string of the molecule is CC(=O)Cc1ccc(OC(C)=O)cc1C. The minimum Gasteiger partial charge on any atom is -0.427 e. The molecule has 0 saturated heterocycles. The van der Waals surface area contributed by atoms with Crippen LogP contribution in [0, 0.1) is 6.92 Å². The predicted octanol–water partition coefficient (Wildman–Crippen LogP) is 2.05. The van der Waals surface area contributed by atoms with Crippen LogP contribution in [0.2, 0.25) is 0 Å². The van der Waals surface area contributed by atoms with E-state index in [0.717, 1.165) is 11.1 Å². The molecule has 0 radical (unpaired) electrons. The molecule has 0 unspecified atom stereocenters. The lowest BCUT2D eigenvalue weighted by atomic mass is 10.0. The van der Waals surface area contributed by atoms with Gasteiger partial charge in [0.05, 0.1) is 0 Å². The second kappa shape index (κ2) is 4.73. The number of aryl methyl sites for hydroxylation is 1. The summed E-state index contributed by atoms with van der Waals surface area (Å²) in [7, 11) is 0. The Hall–Kier alpha value is -1.64. The molecule has 0 heterocycles. The van der Waals surface area contributed by atoms with Gasteiger partial charge in [0.2, 0.25) is 0 Å². The molecule has 1 rings (SSSR count). The van der Waals surface area contributed by atoms with Gasteiger partial charge >= 0.3 is 5.97 Å². The molecule has 1 aromatic carbocycles. The third kappa shape index (κ3) is 3.54. The summed E-state index contributed by atoms with van der Waals surface area (Å²) < 4.78 is 4.93. The van der Waals surface area contributed by atoms with Gasteiger partial charge in [0, 0.05) is 13.3 Å². The van der Waals surface area contributed by atoms with Gasteiger partial charge in [-0.3, -0.25) is 9.59 Å². The zero-order valence-corrected chi connectivity index (χ0v) is 9.16. The lowest BCUT2D eigenvalue weighted by Crippen LogP contribution is -2.03. The molecule has 0 spiro atoms. The number of carbonyl (C=O) groups excluding carboxylic acids is 2. The first-order chi connectivity index (χ1) is 6.99. The fourth-order valence-electron chi connectivity index (χ4n) is 1.36. The second-order valence-electron chi connectivity index (χ2n) is 3.56. The molecule has 0 saturated carbocycles. The Labute approximate surface area is 89.1 Å².